The van der Waals surface area contributed by atoms with E-state index in [1.165, 1.54) is 0 Å². The van der Waals surface area contributed by atoms with Crippen molar-refractivity contribution in [3.05, 3.63) is 40.9 Å². The molecule has 0 bridgehead atoms. The van der Waals surface area contributed by atoms with E-state index in [1.54, 1.807) is 31.2 Å². The number of rotatable bonds is 4. The Bertz CT molecular complexity index is 1000. The minimum absolute atomic E-state index is 0.0932. The summed E-state index contributed by atoms with van der Waals surface area (Å²) in [5, 5.41) is 37.4. The molecule has 0 spiro atoms. The van der Waals surface area contributed by atoms with Gasteiger partial charge in [-0.05, 0) is 17.4 Å². The third-order valence-electron chi connectivity index (χ3n) is 3.10. The summed E-state index contributed by atoms with van der Waals surface area (Å²) < 4.78 is 5.91. The zero-order valence-electron chi connectivity index (χ0n) is 12.4. The summed E-state index contributed by atoms with van der Waals surface area (Å²) in [5.74, 6) is -1.58. The van der Waals surface area contributed by atoms with Gasteiger partial charge < -0.3 is 9.84 Å². The van der Waals surface area contributed by atoms with Crippen LogP contribution in [0.5, 0.6) is 0 Å². The molecule has 0 fully saturated rings. The lowest BCUT2D eigenvalue weighted by Crippen LogP contribution is -2.17. The molecule has 1 amide bonds. The number of aliphatic hydroxyl groups excluding tert-OH is 1. The van der Waals surface area contributed by atoms with Crippen LogP contribution in [-0.2, 0) is 9.53 Å². The van der Waals surface area contributed by atoms with Gasteiger partial charge in [0.25, 0.3) is 0 Å². The van der Waals surface area contributed by atoms with E-state index in [2.05, 4.69) is 30.9 Å². The average Bonchev–Trinajstić information content (AvgIpc) is 3.04. The first-order valence-corrected chi connectivity index (χ1v) is 6.85. The van der Waals surface area contributed by atoms with Crippen molar-refractivity contribution in [3.8, 4) is 0 Å². The summed E-state index contributed by atoms with van der Waals surface area (Å²) in [6.45, 7) is 1.69. The Morgan fingerprint density at radius 2 is 2.17 bits per heavy atom. The Balaban J connectivity index is 2.07. The molecule has 0 saturated heterocycles. The Labute approximate surface area is 134 Å². The predicted octanol–water partition coefficient (Wildman–Crippen LogP) is 1.23. The van der Waals surface area contributed by atoms with Crippen LogP contribution in [0.1, 0.15) is 6.92 Å². The van der Waals surface area contributed by atoms with Crippen molar-refractivity contribution in [1.29, 1.82) is 5.39 Å². The maximum atomic E-state index is 12.2. The van der Waals surface area contributed by atoms with Crippen molar-refractivity contribution in [2.24, 2.45) is 0 Å². The number of aliphatic hydroxyl groups is 1. The first kappa shape index (κ1) is 15.1. The van der Waals surface area contributed by atoms with E-state index in [0.29, 0.717) is 16.4 Å². The smallest absolute Gasteiger partial charge is 0.475 e. The van der Waals surface area contributed by atoms with Gasteiger partial charge in [-0.2, -0.15) is 0 Å². The standard InChI is InChI=1S/C13H10N8O3/c1-2-24-13(23)9(16-14)12(22)15-10-7-5-3-4-6-8(7)11-17-19-20-21(11)18-10/h3-6H,2H2,1H3,(H-,15,18,22,23)/p+1. The van der Waals surface area contributed by atoms with Crippen LogP contribution < -0.4 is 5.32 Å². The average molecular weight is 327 g/mol. The minimum Gasteiger partial charge on any atom is -0.475 e. The number of aromatic nitrogens is 5. The number of ether oxygens (including phenoxy) is 1. The summed E-state index contributed by atoms with van der Waals surface area (Å²) in [6.07, 6.45) is 0. The highest BCUT2D eigenvalue weighted by molar-refractivity contribution is 6.10. The van der Waals surface area contributed by atoms with Gasteiger partial charge in [0, 0.05) is 10.8 Å². The van der Waals surface area contributed by atoms with Crippen molar-refractivity contribution in [2.75, 3.05) is 11.9 Å². The number of nitrogens with zero attached hydrogens (tertiary/aromatic N) is 7. The number of anilines is 1. The molecule has 0 unspecified atom stereocenters. The van der Waals surface area contributed by atoms with Crippen molar-refractivity contribution in [2.45, 2.75) is 6.92 Å². The molecule has 0 atom stereocenters. The molecule has 3 rings (SSSR count). The molecular weight excluding hydrogens is 316 g/mol. The van der Waals surface area contributed by atoms with E-state index >= 15 is 0 Å². The van der Waals surface area contributed by atoms with E-state index in [4.69, 9.17) is 10.1 Å². The molecular formula is C13H11N8O3+. The number of benzene rings is 1. The molecule has 2 N–H and O–H groups in total. The van der Waals surface area contributed by atoms with Crippen molar-refractivity contribution in [1.82, 2.24) is 25.3 Å². The minimum atomic E-state index is -0.909. The number of diazo groups is 1. The van der Waals surface area contributed by atoms with Gasteiger partial charge in [-0.15, -0.1) is 14.8 Å². The van der Waals surface area contributed by atoms with Gasteiger partial charge in [-0.1, -0.05) is 24.3 Å². The number of carbonyl (C=O) groups excluding carboxylic acids is 1. The highest BCUT2D eigenvalue weighted by Gasteiger charge is 2.32. The lowest BCUT2D eigenvalue weighted by Gasteiger charge is -2.05. The third-order valence-corrected chi connectivity index (χ3v) is 3.10. The third kappa shape index (κ3) is 2.52. The fourth-order valence-electron chi connectivity index (χ4n) is 2.09. The molecule has 120 valence electrons. The van der Waals surface area contributed by atoms with Crippen LogP contribution in [0, 0.1) is 5.39 Å². The lowest BCUT2D eigenvalue weighted by molar-refractivity contribution is -0.113. The topological polar surface area (TPSA) is 143 Å². The van der Waals surface area contributed by atoms with Crippen LogP contribution in [0.15, 0.2) is 35.9 Å². The molecule has 2 aromatic heterocycles. The summed E-state index contributed by atoms with van der Waals surface area (Å²) in [6, 6.07) is 7.03. The predicted molar refractivity (Wildman–Crippen MR) is 81.1 cm³/mol. The van der Waals surface area contributed by atoms with Gasteiger partial charge in [0.05, 0.1) is 6.61 Å². The number of amides is 1. The quantitative estimate of drug-likeness (QED) is 0.414. The van der Waals surface area contributed by atoms with E-state index in [1.807, 2.05) is 0 Å². The second kappa shape index (κ2) is 6.13. The molecule has 2 heterocycles. The largest absolute Gasteiger partial charge is 0.527 e. The number of hydrogen-bond donors (Lipinski definition) is 2. The molecule has 1 aromatic carbocycles. The molecule has 0 aliphatic carbocycles. The van der Waals surface area contributed by atoms with Crippen LogP contribution in [-0.4, -0.2) is 42.9 Å². The van der Waals surface area contributed by atoms with Crippen LogP contribution in [0.4, 0.5) is 5.82 Å². The molecule has 0 radical (unpaired) electrons. The fraction of sp³-hybridized carbons (Fsp3) is 0.154. The first-order chi connectivity index (χ1) is 11.7. The molecule has 11 heteroatoms. The van der Waals surface area contributed by atoms with Crippen molar-refractivity contribution in [3.63, 3.8) is 0 Å². The maximum absolute atomic E-state index is 12.2. The molecule has 0 saturated carbocycles. The number of fused-ring (bicyclic) bond motifs is 3. The molecule has 3 aromatic rings. The van der Waals surface area contributed by atoms with Gasteiger partial charge in [-0.25, -0.2) is 0 Å². The van der Waals surface area contributed by atoms with Crippen LogP contribution >= 0.6 is 0 Å². The first-order valence-electron chi connectivity index (χ1n) is 6.85. The van der Waals surface area contributed by atoms with Gasteiger partial charge >= 0.3 is 17.5 Å². The maximum Gasteiger partial charge on any atom is 0.527 e. The Hall–Kier alpha value is -3.81. The number of carbonyl (C=O) groups is 1. The second-order valence-corrected chi connectivity index (χ2v) is 4.53. The van der Waals surface area contributed by atoms with Crippen molar-refractivity contribution < 1.29 is 14.6 Å². The summed E-state index contributed by atoms with van der Waals surface area (Å²) in [7, 11) is 0. The van der Waals surface area contributed by atoms with Crippen molar-refractivity contribution >= 4 is 28.1 Å². The molecule has 0 aliphatic heterocycles. The van der Waals surface area contributed by atoms with Crippen LogP contribution in [0.2, 0.25) is 0 Å². The molecule has 11 nitrogen and oxygen atoms in total. The highest BCUT2D eigenvalue weighted by Crippen LogP contribution is 2.24. The summed E-state index contributed by atoms with van der Waals surface area (Å²) in [4.78, 5) is 15.0. The number of tetrazole rings is 1. The molecule has 0 aliphatic rings. The zero-order chi connectivity index (χ0) is 17.1. The fourth-order valence-corrected chi connectivity index (χ4v) is 2.09. The normalized spacial score (nSPS) is 11.8. The van der Waals surface area contributed by atoms with E-state index < -0.39 is 17.5 Å². The Morgan fingerprint density at radius 1 is 1.42 bits per heavy atom. The Morgan fingerprint density at radius 3 is 2.88 bits per heavy atom. The molecule has 24 heavy (non-hydrogen) atoms. The van der Waals surface area contributed by atoms with Gasteiger partial charge in [0.1, 0.15) is 0 Å². The van der Waals surface area contributed by atoms with Crippen LogP contribution in [0.25, 0.3) is 21.4 Å². The van der Waals surface area contributed by atoms with E-state index in [9.17, 15) is 9.90 Å². The SMILES string of the molecule is CCO/C(O)=C(\[N+]#N)C(=O)Nc1nn2nnnc2c2ccccc12. The van der Waals surface area contributed by atoms with E-state index in [0.717, 1.165) is 4.63 Å². The number of hydrogen-bond acceptors (Lipinski definition) is 8. The highest BCUT2D eigenvalue weighted by atomic mass is 16.6. The monoisotopic (exact) mass is 327 g/mol. The second-order valence-electron chi connectivity index (χ2n) is 4.53. The van der Waals surface area contributed by atoms with Gasteiger partial charge in [-0.3, -0.25) is 10.1 Å². The van der Waals surface area contributed by atoms with Gasteiger partial charge in [0.2, 0.25) is 11.0 Å². The summed E-state index contributed by atoms with van der Waals surface area (Å²) >= 11 is 0. The van der Waals surface area contributed by atoms with Crippen LogP contribution in [0.3, 0.4) is 0 Å². The zero-order valence-corrected chi connectivity index (χ0v) is 12.4. The summed E-state index contributed by atoms with van der Waals surface area (Å²) in [5.41, 5.74) is -0.261. The lowest BCUT2D eigenvalue weighted by atomic mass is 10.2. The van der Waals surface area contributed by atoms with Gasteiger partial charge in [0.15, 0.2) is 10.8 Å². The Kier molecular flexibility index (Phi) is 3.86. The number of nitrogens with one attached hydrogen (secondary N) is 1. The van der Waals surface area contributed by atoms with E-state index in [-0.39, 0.29) is 12.4 Å².